The van der Waals surface area contributed by atoms with Gasteiger partial charge in [0.2, 0.25) is 0 Å². The van der Waals surface area contributed by atoms with Gasteiger partial charge in [-0.3, -0.25) is 15.0 Å². The van der Waals surface area contributed by atoms with Crippen LogP contribution in [0.5, 0.6) is 0 Å². The van der Waals surface area contributed by atoms with Crippen LogP contribution in [-0.2, 0) is 0 Å². The number of hydrogen-bond acceptors (Lipinski definition) is 5. The van der Waals surface area contributed by atoms with E-state index >= 15 is 0 Å². The molecule has 0 saturated carbocycles. The van der Waals surface area contributed by atoms with Crippen molar-refractivity contribution in [2.45, 2.75) is 24.4 Å². The highest BCUT2D eigenvalue weighted by Gasteiger charge is 2.39. The van der Waals surface area contributed by atoms with Gasteiger partial charge in [-0.15, -0.1) is 0 Å². The Balaban J connectivity index is 1.80. The first-order valence-electron chi connectivity index (χ1n) is 7.19. The van der Waals surface area contributed by atoms with Crippen molar-refractivity contribution in [3.05, 3.63) is 30.1 Å². The quantitative estimate of drug-likeness (QED) is 0.920. The minimum absolute atomic E-state index is 0.0401. The molecule has 0 amide bonds. The maximum atomic E-state index is 13.8. The first kappa shape index (κ1) is 13.5. The SMILES string of the molecule is NC1CN(c2ccc(C3C=N3)c3nccnc23)CC(F)(F)C1. The number of aromatic nitrogens is 2. The molecule has 7 heteroatoms. The summed E-state index contributed by atoms with van der Waals surface area (Å²) in [7, 11) is 0. The van der Waals surface area contributed by atoms with Gasteiger partial charge < -0.3 is 10.6 Å². The number of nitrogens with two attached hydrogens (primary N) is 1. The molecule has 5 nitrogen and oxygen atoms in total. The van der Waals surface area contributed by atoms with E-state index in [1.165, 1.54) is 0 Å². The molecule has 1 aromatic carbocycles. The Morgan fingerprint density at radius 2 is 1.91 bits per heavy atom. The zero-order valence-electron chi connectivity index (χ0n) is 11.8. The van der Waals surface area contributed by atoms with Crippen molar-refractivity contribution < 1.29 is 8.78 Å². The van der Waals surface area contributed by atoms with Gasteiger partial charge in [-0.05, 0) is 6.07 Å². The molecule has 2 aliphatic rings. The molecular formula is C15H15F2N5. The van der Waals surface area contributed by atoms with Crippen LogP contribution >= 0.6 is 0 Å². The van der Waals surface area contributed by atoms with Gasteiger partial charge in [-0.25, -0.2) is 8.78 Å². The lowest BCUT2D eigenvalue weighted by molar-refractivity contribution is -0.0171. The number of halogens is 2. The van der Waals surface area contributed by atoms with Crippen molar-refractivity contribution in [1.29, 1.82) is 0 Å². The zero-order valence-corrected chi connectivity index (χ0v) is 11.8. The average molecular weight is 303 g/mol. The molecule has 2 aliphatic heterocycles. The van der Waals surface area contributed by atoms with Crippen molar-refractivity contribution in [3.8, 4) is 0 Å². The first-order chi connectivity index (χ1) is 10.5. The monoisotopic (exact) mass is 303 g/mol. The Hall–Kier alpha value is -2.15. The fourth-order valence-corrected chi connectivity index (χ4v) is 3.08. The van der Waals surface area contributed by atoms with E-state index in [4.69, 9.17) is 5.73 Å². The standard InChI is InChI=1S/C15H15F2N5/c16-15(17)5-9(18)7-22(8-15)12-2-1-10(11-6-21-11)13-14(12)20-4-3-19-13/h1-4,6,9,11H,5,7-8,18H2. The van der Waals surface area contributed by atoms with E-state index in [0.717, 1.165) is 5.56 Å². The zero-order chi connectivity index (χ0) is 15.3. The molecule has 1 aromatic heterocycles. The van der Waals surface area contributed by atoms with Crippen LogP contribution in [0, 0.1) is 0 Å². The Labute approximate surface area is 125 Å². The molecule has 0 aliphatic carbocycles. The Morgan fingerprint density at radius 1 is 1.18 bits per heavy atom. The topological polar surface area (TPSA) is 67.4 Å². The van der Waals surface area contributed by atoms with Gasteiger partial charge in [-0.2, -0.15) is 0 Å². The third-order valence-corrected chi connectivity index (χ3v) is 4.03. The average Bonchev–Trinajstić information content (AvgIpc) is 3.28. The summed E-state index contributed by atoms with van der Waals surface area (Å²) in [4.78, 5) is 14.5. The molecular weight excluding hydrogens is 288 g/mol. The number of rotatable bonds is 2. The van der Waals surface area contributed by atoms with E-state index < -0.39 is 12.0 Å². The summed E-state index contributed by atoms with van der Waals surface area (Å²) in [6.07, 6.45) is 4.73. The Morgan fingerprint density at radius 3 is 2.59 bits per heavy atom. The lowest BCUT2D eigenvalue weighted by atomic mass is 10.0. The van der Waals surface area contributed by atoms with Gasteiger partial charge >= 0.3 is 0 Å². The molecule has 2 aromatic rings. The van der Waals surface area contributed by atoms with Gasteiger partial charge in [0, 0.05) is 43.2 Å². The van der Waals surface area contributed by atoms with E-state index in [1.807, 2.05) is 18.3 Å². The van der Waals surface area contributed by atoms with Crippen LogP contribution in [0.2, 0.25) is 0 Å². The maximum Gasteiger partial charge on any atom is 0.266 e. The lowest BCUT2D eigenvalue weighted by Crippen LogP contribution is -2.52. The number of nitrogens with zero attached hydrogens (tertiary/aromatic N) is 4. The molecule has 4 rings (SSSR count). The van der Waals surface area contributed by atoms with Crippen molar-refractivity contribution >= 4 is 22.9 Å². The summed E-state index contributed by atoms with van der Waals surface area (Å²) in [6.45, 7) is 0.0478. The molecule has 114 valence electrons. The van der Waals surface area contributed by atoms with Crippen LogP contribution in [0.25, 0.3) is 11.0 Å². The molecule has 1 saturated heterocycles. The van der Waals surface area contributed by atoms with E-state index in [-0.39, 0.29) is 19.0 Å². The number of hydrogen-bond donors (Lipinski definition) is 1. The summed E-state index contributed by atoms with van der Waals surface area (Å²) < 4.78 is 27.7. The summed E-state index contributed by atoms with van der Waals surface area (Å²) in [6, 6.07) is 3.20. The highest BCUT2D eigenvalue weighted by atomic mass is 19.3. The summed E-state index contributed by atoms with van der Waals surface area (Å²) in [5.74, 6) is -2.79. The van der Waals surface area contributed by atoms with Crippen LogP contribution in [0.15, 0.2) is 29.5 Å². The third-order valence-electron chi connectivity index (χ3n) is 4.03. The van der Waals surface area contributed by atoms with Gasteiger partial charge in [0.15, 0.2) is 0 Å². The number of fused-ring (bicyclic) bond motifs is 1. The largest absolute Gasteiger partial charge is 0.362 e. The first-order valence-corrected chi connectivity index (χ1v) is 7.19. The van der Waals surface area contributed by atoms with Gasteiger partial charge in [0.1, 0.15) is 11.6 Å². The van der Waals surface area contributed by atoms with Crippen LogP contribution in [-0.4, -0.2) is 41.2 Å². The number of aliphatic imine (C=N–C) groups is 1. The molecule has 0 radical (unpaired) electrons. The van der Waals surface area contributed by atoms with Crippen molar-refractivity contribution in [2.75, 3.05) is 18.0 Å². The third kappa shape index (κ3) is 2.31. The minimum Gasteiger partial charge on any atom is -0.362 e. The smallest absolute Gasteiger partial charge is 0.266 e. The number of piperidine rings is 1. The van der Waals surface area contributed by atoms with Crippen LogP contribution in [0.1, 0.15) is 18.0 Å². The second kappa shape index (κ2) is 4.67. The molecule has 2 atom stereocenters. The summed E-state index contributed by atoms with van der Waals surface area (Å²) >= 11 is 0. The van der Waals surface area contributed by atoms with Gasteiger partial charge in [0.25, 0.3) is 5.92 Å². The lowest BCUT2D eigenvalue weighted by Gasteiger charge is -2.37. The predicted octanol–water partition coefficient (Wildman–Crippen LogP) is 1.93. The van der Waals surface area contributed by atoms with Gasteiger partial charge in [-0.1, -0.05) is 6.07 Å². The van der Waals surface area contributed by atoms with E-state index in [9.17, 15) is 8.78 Å². The number of alkyl halides is 2. The normalized spacial score (nSPS) is 26.4. The summed E-state index contributed by atoms with van der Waals surface area (Å²) in [5, 5.41) is 0. The maximum absolute atomic E-state index is 13.8. The van der Waals surface area contributed by atoms with Crippen LogP contribution in [0.3, 0.4) is 0 Å². The van der Waals surface area contributed by atoms with Crippen molar-refractivity contribution in [3.63, 3.8) is 0 Å². The molecule has 22 heavy (non-hydrogen) atoms. The Kier molecular flexibility index (Phi) is 2.87. The minimum atomic E-state index is -2.79. The molecule has 2 unspecified atom stereocenters. The van der Waals surface area contributed by atoms with Crippen molar-refractivity contribution in [1.82, 2.24) is 9.97 Å². The molecule has 0 spiro atoms. The second-order valence-corrected chi connectivity index (χ2v) is 5.87. The van der Waals surface area contributed by atoms with E-state index in [1.54, 1.807) is 17.3 Å². The molecule has 0 bridgehead atoms. The Bertz CT molecular complexity index is 755. The van der Waals surface area contributed by atoms with Gasteiger partial charge in [0.05, 0.1) is 17.7 Å². The highest BCUT2D eigenvalue weighted by Crippen LogP contribution is 2.36. The second-order valence-electron chi connectivity index (χ2n) is 5.87. The molecule has 3 heterocycles. The van der Waals surface area contributed by atoms with Crippen LogP contribution in [0.4, 0.5) is 14.5 Å². The molecule has 2 N–H and O–H groups in total. The van der Waals surface area contributed by atoms with E-state index in [2.05, 4.69) is 15.0 Å². The fourth-order valence-electron chi connectivity index (χ4n) is 3.08. The fraction of sp³-hybridized carbons (Fsp3) is 0.400. The van der Waals surface area contributed by atoms with Crippen LogP contribution < -0.4 is 10.6 Å². The predicted molar refractivity (Wildman–Crippen MR) is 80.5 cm³/mol. The van der Waals surface area contributed by atoms with E-state index in [0.29, 0.717) is 23.3 Å². The number of benzene rings is 1. The molecule has 1 fully saturated rings. The highest BCUT2D eigenvalue weighted by molar-refractivity contribution is 5.95. The van der Waals surface area contributed by atoms with Crippen molar-refractivity contribution in [2.24, 2.45) is 10.7 Å². The number of anilines is 1. The summed E-state index contributed by atoms with van der Waals surface area (Å²) in [5.41, 5.74) is 8.74.